The Hall–Kier alpha value is -1.29. The van der Waals surface area contributed by atoms with Crippen LogP contribution in [0.25, 0.3) is 0 Å². The van der Waals surface area contributed by atoms with Crippen LogP contribution in [-0.4, -0.2) is 118 Å². The summed E-state index contributed by atoms with van der Waals surface area (Å²) in [5.41, 5.74) is 0. The van der Waals surface area contributed by atoms with Gasteiger partial charge >= 0.3 is 5.97 Å². The molecule has 0 aliphatic carbocycles. The molecule has 36 heavy (non-hydrogen) atoms. The molecule has 10 heteroatoms. The number of esters is 1. The van der Waals surface area contributed by atoms with Crippen molar-refractivity contribution in [1.82, 2.24) is 0 Å². The van der Waals surface area contributed by atoms with E-state index in [1.807, 2.05) is 0 Å². The molecule has 0 aliphatic rings. The Bertz CT molecular complexity index is 484. The second-order valence-electron chi connectivity index (χ2n) is 7.57. The molecule has 0 heterocycles. The molecule has 0 amide bonds. The van der Waals surface area contributed by atoms with Crippen molar-refractivity contribution in [1.29, 1.82) is 0 Å². The van der Waals surface area contributed by atoms with Gasteiger partial charge in [0.1, 0.15) is 13.2 Å². The van der Waals surface area contributed by atoms with Gasteiger partial charge in [-0.1, -0.05) is 32.1 Å². The van der Waals surface area contributed by atoms with Gasteiger partial charge in [0.2, 0.25) is 0 Å². The van der Waals surface area contributed by atoms with Gasteiger partial charge in [0, 0.05) is 6.42 Å². The summed E-state index contributed by atoms with van der Waals surface area (Å²) in [7, 11) is 0. The molecule has 0 rings (SSSR count). The van der Waals surface area contributed by atoms with Crippen molar-refractivity contribution in [2.45, 2.75) is 39.0 Å². The molecule has 0 saturated carbocycles. The molecule has 0 fully saturated rings. The number of ether oxygens (including phenoxy) is 9. The zero-order valence-electron chi connectivity index (χ0n) is 22.2. The van der Waals surface area contributed by atoms with Gasteiger partial charge in [-0.15, -0.1) is 6.42 Å². The van der Waals surface area contributed by atoms with Crippen LogP contribution in [0.2, 0.25) is 0 Å². The highest BCUT2D eigenvalue weighted by atomic mass is 16.6. The fourth-order valence-corrected chi connectivity index (χ4v) is 2.65. The van der Waals surface area contributed by atoms with E-state index in [1.54, 1.807) is 0 Å². The van der Waals surface area contributed by atoms with Gasteiger partial charge in [-0.25, -0.2) is 0 Å². The van der Waals surface area contributed by atoms with Gasteiger partial charge in [-0.2, -0.15) is 0 Å². The summed E-state index contributed by atoms with van der Waals surface area (Å²) in [6, 6.07) is 0. The molecule has 0 unspecified atom stereocenters. The minimum Gasteiger partial charge on any atom is -0.463 e. The molecule has 0 aromatic carbocycles. The standard InChI is InChI=1S/C26H48O10/c1-3-5-6-7-8-26(27)36-25-24-35-23-22-34-21-20-33-19-18-32-17-16-31-15-14-30-13-12-29-11-10-28-9-4-2/h2H,3,5-25H2,1H3. The average molecular weight is 521 g/mol. The fourth-order valence-electron chi connectivity index (χ4n) is 2.65. The summed E-state index contributed by atoms with van der Waals surface area (Å²) in [6.45, 7) is 10.1. The Morgan fingerprint density at radius 2 is 0.889 bits per heavy atom. The van der Waals surface area contributed by atoms with Gasteiger partial charge in [-0.05, 0) is 6.42 Å². The van der Waals surface area contributed by atoms with Crippen LogP contribution in [0.3, 0.4) is 0 Å². The molecule has 0 spiro atoms. The molecule has 10 nitrogen and oxygen atoms in total. The molecule has 0 aromatic rings. The highest BCUT2D eigenvalue weighted by molar-refractivity contribution is 5.69. The van der Waals surface area contributed by atoms with Gasteiger partial charge in [-0.3, -0.25) is 4.79 Å². The van der Waals surface area contributed by atoms with E-state index in [-0.39, 0.29) is 12.6 Å². The van der Waals surface area contributed by atoms with Crippen LogP contribution in [0.1, 0.15) is 39.0 Å². The summed E-state index contributed by atoms with van der Waals surface area (Å²) in [5, 5.41) is 0. The average Bonchev–Trinajstić information content (AvgIpc) is 2.88. The summed E-state index contributed by atoms with van der Waals surface area (Å²) < 4.78 is 48.0. The third kappa shape index (κ3) is 30.7. The van der Waals surface area contributed by atoms with E-state index < -0.39 is 0 Å². The summed E-state index contributed by atoms with van der Waals surface area (Å²) in [4.78, 5) is 11.5. The summed E-state index contributed by atoms with van der Waals surface area (Å²) in [6.07, 6.45) is 9.84. The highest BCUT2D eigenvalue weighted by Crippen LogP contribution is 2.03. The van der Waals surface area contributed by atoms with E-state index >= 15 is 0 Å². The van der Waals surface area contributed by atoms with E-state index in [4.69, 9.17) is 49.1 Å². The van der Waals surface area contributed by atoms with E-state index in [0.29, 0.717) is 112 Å². The van der Waals surface area contributed by atoms with Crippen molar-refractivity contribution < 1.29 is 47.4 Å². The van der Waals surface area contributed by atoms with E-state index in [9.17, 15) is 4.79 Å². The second-order valence-corrected chi connectivity index (χ2v) is 7.57. The molecule has 0 aromatic heterocycles. The normalized spacial score (nSPS) is 11.0. The maximum Gasteiger partial charge on any atom is 0.305 e. The van der Waals surface area contributed by atoms with E-state index in [0.717, 1.165) is 25.7 Å². The monoisotopic (exact) mass is 520 g/mol. The SMILES string of the molecule is C#CCOCCOCCOCCOCCOCCOCCOCCOCCOC(=O)CCCCCC. The van der Waals surface area contributed by atoms with Crippen LogP contribution in [-0.2, 0) is 47.4 Å². The minimum absolute atomic E-state index is 0.151. The third-order valence-corrected chi connectivity index (χ3v) is 4.51. The summed E-state index contributed by atoms with van der Waals surface area (Å²) in [5.74, 6) is 2.24. The lowest BCUT2D eigenvalue weighted by molar-refractivity contribution is -0.145. The van der Waals surface area contributed by atoms with Gasteiger partial charge in [0.15, 0.2) is 0 Å². The van der Waals surface area contributed by atoms with Crippen molar-refractivity contribution >= 4 is 5.97 Å². The van der Waals surface area contributed by atoms with Crippen molar-refractivity contribution in [2.24, 2.45) is 0 Å². The van der Waals surface area contributed by atoms with Crippen LogP contribution in [0.15, 0.2) is 0 Å². The number of rotatable bonds is 30. The number of carbonyl (C=O) groups is 1. The molecule has 0 aliphatic heterocycles. The Morgan fingerprint density at radius 3 is 1.25 bits per heavy atom. The van der Waals surface area contributed by atoms with E-state index in [1.165, 1.54) is 0 Å². The maximum absolute atomic E-state index is 11.5. The van der Waals surface area contributed by atoms with Crippen molar-refractivity contribution in [3.05, 3.63) is 0 Å². The lowest BCUT2D eigenvalue weighted by atomic mass is 10.2. The molecule has 0 N–H and O–H groups in total. The maximum atomic E-state index is 11.5. The highest BCUT2D eigenvalue weighted by Gasteiger charge is 2.02. The lowest BCUT2D eigenvalue weighted by Gasteiger charge is -2.09. The first-order valence-electron chi connectivity index (χ1n) is 13.0. The number of hydrogen-bond acceptors (Lipinski definition) is 10. The lowest BCUT2D eigenvalue weighted by Crippen LogP contribution is -2.15. The zero-order chi connectivity index (χ0) is 26.2. The minimum atomic E-state index is -0.151. The van der Waals surface area contributed by atoms with Crippen LogP contribution < -0.4 is 0 Å². The van der Waals surface area contributed by atoms with Gasteiger partial charge in [0.25, 0.3) is 0 Å². The van der Waals surface area contributed by atoms with Crippen LogP contribution in [0.5, 0.6) is 0 Å². The molecule has 0 saturated heterocycles. The molecular formula is C26H48O10. The number of hydrogen-bond donors (Lipinski definition) is 0. The first-order chi connectivity index (χ1) is 17.8. The molecule has 212 valence electrons. The first kappa shape index (κ1) is 34.7. The van der Waals surface area contributed by atoms with Gasteiger partial charge < -0.3 is 42.6 Å². The Kier molecular flexibility index (Phi) is 30.6. The van der Waals surface area contributed by atoms with Crippen LogP contribution in [0.4, 0.5) is 0 Å². The predicted octanol–water partition coefficient (Wildman–Crippen LogP) is 2.27. The van der Waals surface area contributed by atoms with Crippen LogP contribution >= 0.6 is 0 Å². The van der Waals surface area contributed by atoms with E-state index in [2.05, 4.69) is 12.8 Å². The zero-order valence-corrected chi connectivity index (χ0v) is 22.2. The van der Waals surface area contributed by atoms with Crippen molar-refractivity contribution in [3.8, 4) is 12.3 Å². The molecule has 0 bridgehead atoms. The smallest absolute Gasteiger partial charge is 0.305 e. The van der Waals surface area contributed by atoms with Crippen molar-refractivity contribution in [3.63, 3.8) is 0 Å². The molecule has 0 atom stereocenters. The number of carbonyl (C=O) groups excluding carboxylic acids is 1. The Labute approximate surface area is 217 Å². The second kappa shape index (κ2) is 31.7. The van der Waals surface area contributed by atoms with Gasteiger partial charge in [0.05, 0.1) is 99.1 Å². The number of terminal acetylenes is 1. The summed E-state index contributed by atoms with van der Waals surface area (Å²) >= 11 is 0. The third-order valence-electron chi connectivity index (χ3n) is 4.51. The predicted molar refractivity (Wildman–Crippen MR) is 135 cm³/mol. The molecular weight excluding hydrogens is 472 g/mol. The molecule has 0 radical (unpaired) electrons. The first-order valence-corrected chi connectivity index (χ1v) is 13.0. The topological polar surface area (TPSA) is 100 Å². The fraction of sp³-hybridized carbons (Fsp3) is 0.885. The van der Waals surface area contributed by atoms with Crippen molar-refractivity contribution in [2.75, 3.05) is 112 Å². The Balaban J connectivity index is 3.08. The van der Waals surface area contributed by atoms with Crippen LogP contribution in [0, 0.1) is 12.3 Å². The Morgan fingerprint density at radius 1 is 0.528 bits per heavy atom. The quantitative estimate of drug-likeness (QED) is 0.0796. The number of unbranched alkanes of at least 4 members (excludes halogenated alkanes) is 3. The largest absolute Gasteiger partial charge is 0.463 e.